The third-order valence-electron chi connectivity index (χ3n) is 4.52. The van der Waals surface area contributed by atoms with Gasteiger partial charge >= 0.3 is 0 Å². The van der Waals surface area contributed by atoms with Crippen LogP contribution >= 0.6 is 0 Å². The molecule has 0 unspecified atom stereocenters. The second-order valence-corrected chi connectivity index (χ2v) is 7.67. The average Bonchev–Trinajstić information content (AvgIpc) is 3.13. The molecule has 6 nitrogen and oxygen atoms in total. The smallest absolute Gasteiger partial charge is 0.243 e. The third-order valence-corrected chi connectivity index (χ3v) is 5.87. The molecule has 0 aliphatic heterocycles. The number of aliphatic hydroxyl groups excluding tert-OH is 1. The van der Waals surface area contributed by atoms with Crippen LogP contribution in [0, 0.1) is 5.41 Å². The first-order valence-electron chi connectivity index (χ1n) is 7.64. The van der Waals surface area contributed by atoms with Crippen molar-refractivity contribution in [1.82, 2.24) is 14.5 Å². The lowest BCUT2D eigenvalue weighted by atomic mass is 9.84. The van der Waals surface area contributed by atoms with E-state index in [1.165, 1.54) is 25.2 Å². The summed E-state index contributed by atoms with van der Waals surface area (Å²) in [5.74, 6) is 0. The number of aliphatic hydroxyl groups is 1. The minimum atomic E-state index is -3.50. The molecule has 1 fully saturated rings. The van der Waals surface area contributed by atoms with Crippen LogP contribution in [0.5, 0.6) is 0 Å². The summed E-state index contributed by atoms with van der Waals surface area (Å²) in [7, 11) is -3.50. The average molecular weight is 315 g/mol. The SMILES string of the molecule is CCC1(CNS(=O)(=O)c2cnn(CCCO)c2)CCCC1. The van der Waals surface area contributed by atoms with E-state index < -0.39 is 10.0 Å². The molecule has 0 spiro atoms. The largest absolute Gasteiger partial charge is 0.396 e. The molecule has 120 valence electrons. The number of nitrogens with zero attached hydrogens (tertiary/aromatic N) is 2. The van der Waals surface area contributed by atoms with E-state index in [1.54, 1.807) is 4.68 Å². The maximum absolute atomic E-state index is 12.3. The van der Waals surface area contributed by atoms with Gasteiger partial charge in [-0.05, 0) is 31.1 Å². The summed E-state index contributed by atoms with van der Waals surface area (Å²) in [6.07, 6.45) is 9.03. The zero-order chi connectivity index (χ0) is 15.3. The fourth-order valence-electron chi connectivity index (χ4n) is 2.95. The Balaban J connectivity index is 1.99. The molecule has 0 radical (unpaired) electrons. The van der Waals surface area contributed by atoms with E-state index >= 15 is 0 Å². The quantitative estimate of drug-likeness (QED) is 0.761. The molecule has 7 heteroatoms. The second kappa shape index (κ2) is 6.89. The first-order valence-corrected chi connectivity index (χ1v) is 9.13. The molecule has 0 bridgehead atoms. The van der Waals surface area contributed by atoms with E-state index in [-0.39, 0.29) is 16.9 Å². The van der Waals surface area contributed by atoms with E-state index in [2.05, 4.69) is 16.7 Å². The van der Waals surface area contributed by atoms with Crippen molar-refractivity contribution in [3.05, 3.63) is 12.4 Å². The zero-order valence-electron chi connectivity index (χ0n) is 12.6. The number of hydrogen-bond acceptors (Lipinski definition) is 4. The molecule has 0 aromatic carbocycles. The normalized spacial score (nSPS) is 18.2. The lowest BCUT2D eigenvalue weighted by Gasteiger charge is -2.27. The van der Waals surface area contributed by atoms with Gasteiger partial charge in [0.25, 0.3) is 0 Å². The van der Waals surface area contributed by atoms with Crippen LogP contribution in [0.15, 0.2) is 17.3 Å². The fraction of sp³-hybridized carbons (Fsp3) is 0.786. The summed E-state index contributed by atoms with van der Waals surface area (Å²) in [5, 5.41) is 12.8. The first-order chi connectivity index (χ1) is 10.0. The number of sulfonamides is 1. The highest BCUT2D eigenvalue weighted by atomic mass is 32.2. The number of hydrogen-bond donors (Lipinski definition) is 2. The van der Waals surface area contributed by atoms with Crippen molar-refractivity contribution in [2.75, 3.05) is 13.2 Å². The molecule has 1 aromatic rings. The molecule has 0 amide bonds. The molecular formula is C14H25N3O3S. The Morgan fingerprint density at radius 3 is 2.76 bits per heavy atom. The fourth-order valence-corrected chi connectivity index (χ4v) is 4.06. The minimum absolute atomic E-state index is 0.0687. The Labute approximate surface area is 126 Å². The predicted octanol–water partition coefficient (Wildman–Crippen LogP) is 1.51. The van der Waals surface area contributed by atoms with Crippen molar-refractivity contribution < 1.29 is 13.5 Å². The standard InChI is InChI=1S/C14H25N3O3S/c1-2-14(6-3-4-7-14)12-16-21(19,20)13-10-15-17(11-13)8-5-9-18/h10-11,16,18H,2-9,12H2,1H3. The van der Waals surface area contributed by atoms with Crippen LogP contribution in [0.1, 0.15) is 45.4 Å². The van der Waals surface area contributed by atoms with Crippen LogP contribution in [0.2, 0.25) is 0 Å². The van der Waals surface area contributed by atoms with Crippen LogP contribution in [-0.2, 0) is 16.6 Å². The molecule has 2 N–H and O–H groups in total. The Morgan fingerprint density at radius 2 is 2.14 bits per heavy atom. The first kappa shape index (κ1) is 16.5. The number of aromatic nitrogens is 2. The molecule has 1 heterocycles. The Bertz CT molecular complexity index is 548. The summed E-state index contributed by atoms with van der Waals surface area (Å²) >= 11 is 0. The highest BCUT2D eigenvalue weighted by Crippen LogP contribution is 2.40. The van der Waals surface area contributed by atoms with Crippen molar-refractivity contribution in [1.29, 1.82) is 0 Å². The van der Waals surface area contributed by atoms with Gasteiger partial charge in [0.15, 0.2) is 0 Å². The van der Waals surface area contributed by atoms with Crippen LogP contribution in [0.4, 0.5) is 0 Å². The van der Waals surface area contributed by atoms with Gasteiger partial charge in [-0.15, -0.1) is 0 Å². The van der Waals surface area contributed by atoms with E-state index in [1.807, 2.05) is 0 Å². The molecule has 1 aromatic heterocycles. The lowest BCUT2D eigenvalue weighted by molar-refractivity contribution is 0.277. The van der Waals surface area contributed by atoms with Crippen LogP contribution in [0.3, 0.4) is 0 Å². The van der Waals surface area contributed by atoms with Gasteiger partial charge in [0, 0.05) is 25.9 Å². The number of rotatable bonds is 8. The van der Waals surface area contributed by atoms with Crippen molar-refractivity contribution in [3.63, 3.8) is 0 Å². The van der Waals surface area contributed by atoms with Gasteiger partial charge in [0.2, 0.25) is 10.0 Å². The molecular weight excluding hydrogens is 290 g/mol. The van der Waals surface area contributed by atoms with Crippen molar-refractivity contribution in [2.45, 2.75) is 56.9 Å². The summed E-state index contributed by atoms with van der Waals surface area (Å²) in [5.41, 5.74) is 0.125. The van der Waals surface area contributed by atoms with Gasteiger partial charge in [-0.25, -0.2) is 13.1 Å². The van der Waals surface area contributed by atoms with Gasteiger partial charge in [-0.2, -0.15) is 5.10 Å². The summed E-state index contributed by atoms with van der Waals surface area (Å²) < 4.78 is 28.9. The van der Waals surface area contributed by atoms with E-state index in [0.29, 0.717) is 19.5 Å². The van der Waals surface area contributed by atoms with Gasteiger partial charge in [0.1, 0.15) is 4.90 Å². The van der Waals surface area contributed by atoms with Crippen LogP contribution in [-0.4, -0.2) is 36.5 Å². The van der Waals surface area contributed by atoms with Gasteiger partial charge in [-0.1, -0.05) is 19.8 Å². The minimum Gasteiger partial charge on any atom is -0.396 e. The molecule has 21 heavy (non-hydrogen) atoms. The monoisotopic (exact) mass is 315 g/mol. The van der Waals surface area contributed by atoms with Gasteiger partial charge in [-0.3, -0.25) is 4.68 Å². The Morgan fingerprint density at radius 1 is 1.43 bits per heavy atom. The highest BCUT2D eigenvalue weighted by molar-refractivity contribution is 7.89. The Hall–Kier alpha value is -0.920. The summed E-state index contributed by atoms with van der Waals surface area (Å²) in [4.78, 5) is 0.199. The molecule has 0 atom stereocenters. The highest BCUT2D eigenvalue weighted by Gasteiger charge is 2.33. The summed E-state index contributed by atoms with van der Waals surface area (Å²) in [6.45, 7) is 3.23. The van der Waals surface area contributed by atoms with Gasteiger partial charge in [0.05, 0.1) is 6.20 Å². The Kier molecular flexibility index (Phi) is 5.40. The van der Waals surface area contributed by atoms with Crippen molar-refractivity contribution in [2.24, 2.45) is 5.41 Å². The molecule has 2 rings (SSSR count). The van der Waals surface area contributed by atoms with Crippen LogP contribution in [0.25, 0.3) is 0 Å². The summed E-state index contributed by atoms with van der Waals surface area (Å²) in [6, 6.07) is 0. The third kappa shape index (κ3) is 4.05. The van der Waals surface area contributed by atoms with E-state index in [9.17, 15) is 8.42 Å². The maximum atomic E-state index is 12.3. The lowest BCUT2D eigenvalue weighted by Crippen LogP contribution is -2.35. The van der Waals surface area contributed by atoms with E-state index in [0.717, 1.165) is 19.3 Å². The molecule has 1 saturated carbocycles. The number of aryl methyl sites for hydroxylation is 1. The number of nitrogens with one attached hydrogen (secondary N) is 1. The maximum Gasteiger partial charge on any atom is 0.243 e. The van der Waals surface area contributed by atoms with Gasteiger partial charge < -0.3 is 5.11 Å². The van der Waals surface area contributed by atoms with E-state index in [4.69, 9.17) is 5.11 Å². The predicted molar refractivity (Wildman–Crippen MR) is 80.3 cm³/mol. The molecule has 0 saturated heterocycles. The molecule has 1 aliphatic rings. The zero-order valence-corrected chi connectivity index (χ0v) is 13.4. The topological polar surface area (TPSA) is 84.2 Å². The van der Waals surface area contributed by atoms with Crippen molar-refractivity contribution in [3.8, 4) is 0 Å². The molecule has 1 aliphatic carbocycles. The van der Waals surface area contributed by atoms with Crippen LogP contribution < -0.4 is 4.72 Å². The second-order valence-electron chi connectivity index (χ2n) is 5.90. The van der Waals surface area contributed by atoms with Crippen molar-refractivity contribution >= 4 is 10.0 Å².